The van der Waals surface area contributed by atoms with Crippen molar-refractivity contribution in [2.45, 2.75) is 37.8 Å². The lowest BCUT2D eigenvalue weighted by Gasteiger charge is -2.22. The molecule has 1 aromatic carbocycles. The van der Waals surface area contributed by atoms with Gasteiger partial charge >= 0.3 is 0 Å². The van der Waals surface area contributed by atoms with Crippen molar-refractivity contribution in [3.63, 3.8) is 0 Å². The second-order valence-electron chi connectivity index (χ2n) is 4.77. The number of benzene rings is 1. The van der Waals surface area contributed by atoms with E-state index in [1.807, 2.05) is 0 Å². The van der Waals surface area contributed by atoms with Crippen LogP contribution in [0.4, 0.5) is 4.39 Å². The standard InChI is InChI=1S/C13H17BrFNO/c14-11-3-4-12(15)10(7-11)8-16-9-13(17)5-1-2-6-13/h3-4,7,16-17H,1-2,5-6,8-9H2. The van der Waals surface area contributed by atoms with Crippen LogP contribution in [0.15, 0.2) is 22.7 Å². The quantitative estimate of drug-likeness (QED) is 0.896. The van der Waals surface area contributed by atoms with E-state index in [0.29, 0.717) is 18.7 Å². The number of hydrogen-bond donors (Lipinski definition) is 2. The predicted octanol–water partition coefficient (Wildman–Crippen LogP) is 2.98. The molecule has 0 atom stereocenters. The van der Waals surface area contributed by atoms with Gasteiger partial charge in [-0.1, -0.05) is 28.8 Å². The fourth-order valence-electron chi connectivity index (χ4n) is 2.32. The van der Waals surface area contributed by atoms with E-state index >= 15 is 0 Å². The van der Waals surface area contributed by atoms with E-state index in [2.05, 4.69) is 21.2 Å². The largest absolute Gasteiger partial charge is 0.389 e. The normalized spacial score (nSPS) is 18.5. The Morgan fingerprint density at radius 3 is 2.76 bits per heavy atom. The van der Waals surface area contributed by atoms with Gasteiger partial charge in [0.25, 0.3) is 0 Å². The molecule has 94 valence electrons. The second-order valence-corrected chi connectivity index (χ2v) is 5.69. The van der Waals surface area contributed by atoms with Gasteiger partial charge in [-0.2, -0.15) is 0 Å². The summed E-state index contributed by atoms with van der Waals surface area (Å²) in [5, 5.41) is 13.3. The van der Waals surface area contributed by atoms with Crippen molar-refractivity contribution in [1.29, 1.82) is 0 Å². The molecule has 0 heterocycles. The summed E-state index contributed by atoms with van der Waals surface area (Å²) in [6.07, 6.45) is 3.87. The molecule has 0 aliphatic heterocycles. The number of aliphatic hydroxyl groups is 1. The molecule has 2 N–H and O–H groups in total. The molecule has 1 aromatic rings. The number of rotatable bonds is 4. The third-order valence-corrected chi connectivity index (χ3v) is 3.80. The van der Waals surface area contributed by atoms with E-state index in [-0.39, 0.29) is 5.82 Å². The second kappa shape index (κ2) is 5.46. The summed E-state index contributed by atoms with van der Waals surface area (Å²) in [6, 6.07) is 4.90. The summed E-state index contributed by atoms with van der Waals surface area (Å²) in [5.41, 5.74) is 0.0450. The maximum Gasteiger partial charge on any atom is 0.127 e. The van der Waals surface area contributed by atoms with Gasteiger partial charge in [-0.25, -0.2) is 4.39 Å². The van der Waals surface area contributed by atoms with Crippen LogP contribution in [0.3, 0.4) is 0 Å². The van der Waals surface area contributed by atoms with E-state index in [1.165, 1.54) is 6.07 Å². The zero-order valence-corrected chi connectivity index (χ0v) is 11.3. The molecular formula is C13H17BrFNO. The Hall–Kier alpha value is -0.450. The van der Waals surface area contributed by atoms with E-state index in [9.17, 15) is 9.50 Å². The zero-order valence-electron chi connectivity index (χ0n) is 9.68. The van der Waals surface area contributed by atoms with E-state index in [0.717, 1.165) is 30.2 Å². The Morgan fingerprint density at radius 1 is 1.35 bits per heavy atom. The molecule has 2 nitrogen and oxygen atoms in total. The van der Waals surface area contributed by atoms with Gasteiger partial charge in [-0.3, -0.25) is 0 Å². The molecule has 0 amide bonds. The van der Waals surface area contributed by atoms with Gasteiger partial charge in [0.2, 0.25) is 0 Å². The molecule has 0 aromatic heterocycles. The zero-order chi connectivity index (χ0) is 12.3. The lowest BCUT2D eigenvalue weighted by molar-refractivity contribution is 0.0474. The highest BCUT2D eigenvalue weighted by Crippen LogP contribution is 2.28. The summed E-state index contributed by atoms with van der Waals surface area (Å²) >= 11 is 3.32. The molecule has 1 aliphatic rings. The first-order valence-corrected chi connectivity index (χ1v) is 6.75. The lowest BCUT2D eigenvalue weighted by atomic mass is 10.0. The molecule has 1 aliphatic carbocycles. The predicted molar refractivity (Wildman–Crippen MR) is 69.2 cm³/mol. The Bertz CT molecular complexity index is 391. The smallest absolute Gasteiger partial charge is 0.127 e. The Kier molecular flexibility index (Phi) is 4.17. The summed E-state index contributed by atoms with van der Waals surface area (Å²) in [6.45, 7) is 0.993. The topological polar surface area (TPSA) is 32.3 Å². The molecule has 1 saturated carbocycles. The molecular weight excluding hydrogens is 285 g/mol. The van der Waals surface area contributed by atoms with Crippen LogP contribution < -0.4 is 5.32 Å². The van der Waals surface area contributed by atoms with E-state index in [1.54, 1.807) is 12.1 Å². The first kappa shape index (κ1) is 13.0. The molecule has 0 unspecified atom stereocenters. The number of halogens is 2. The van der Waals surface area contributed by atoms with Crippen molar-refractivity contribution < 1.29 is 9.50 Å². The fraction of sp³-hybridized carbons (Fsp3) is 0.538. The van der Waals surface area contributed by atoms with E-state index in [4.69, 9.17) is 0 Å². The van der Waals surface area contributed by atoms with Gasteiger partial charge in [0, 0.05) is 23.1 Å². The Labute approximate surface area is 109 Å². The van der Waals surface area contributed by atoms with Crippen LogP contribution in [-0.4, -0.2) is 17.3 Å². The van der Waals surface area contributed by atoms with Crippen molar-refractivity contribution in [2.75, 3.05) is 6.54 Å². The minimum Gasteiger partial charge on any atom is -0.389 e. The molecule has 17 heavy (non-hydrogen) atoms. The summed E-state index contributed by atoms with van der Waals surface area (Å²) in [4.78, 5) is 0. The molecule has 4 heteroatoms. The molecule has 0 radical (unpaired) electrons. The number of nitrogens with one attached hydrogen (secondary N) is 1. The molecule has 0 bridgehead atoms. The monoisotopic (exact) mass is 301 g/mol. The van der Waals surface area contributed by atoms with Crippen molar-refractivity contribution in [1.82, 2.24) is 5.32 Å². The van der Waals surface area contributed by atoms with Gasteiger partial charge in [-0.15, -0.1) is 0 Å². The SMILES string of the molecule is OC1(CNCc2cc(Br)ccc2F)CCCC1. The van der Waals surface area contributed by atoms with Crippen LogP contribution >= 0.6 is 15.9 Å². The first-order chi connectivity index (χ1) is 8.09. The minimum atomic E-state index is -0.581. The van der Waals surface area contributed by atoms with Crippen LogP contribution in [-0.2, 0) is 6.54 Å². The van der Waals surface area contributed by atoms with Crippen molar-refractivity contribution >= 4 is 15.9 Å². The van der Waals surface area contributed by atoms with Gasteiger partial charge in [0.15, 0.2) is 0 Å². The van der Waals surface area contributed by atoms with Crippen molar-refractivity contribution in [2.24, 2.45) is 0 Å². The Balaban J connectivity index is 1.87. The molecule has 1 fully saturated rings. The first-order valence-electron chi connectivity index (χ1n) is 5.96. The van der Waals surface area contributed by atoms with Gasteiger partial charge in [0.05, 0.1) is 5.60 Å². The third-order valence-electron chi connectivity index (χ3n) is 3.31. The van der Waals surface area contributed by atoms with Gasteiger partial charge in [-0.05, 0) is 31.0 Å². The minimum absolute atomic E-state index is 0.209. The van der Waals surface area contributed by atoms with Crippen LogP contribution in [0.1, 0.15) is 31.2 Å². The molecule has 2 rings (SSSR count). The van der Waals surface area contributed by atoms with Crippen molar-refractivity contribution in [3.8, 4) is 0 Å². The average Bonchev–Trinajstić information content (AvgIpc) is 2.71. The van der Waals surface area contributed by atoms with Crippen LogP contribution in [0.2, 0.25) is 0 Å². The summed E-state index contributed by atoms with van der Waals surface area (Å²) in [7, 11) is 0. The Morgan fingerprint density at radius 2 is 2.06 bits per heavy atom. The van der Waals surface area contributed by atoms with E-state index < -0.39 is 5.60 Å². The van der Waals surface area contributed by atoms with Crippen molar-refractivity contribution in [3.05, 3.63) is 34.1 Å². The summed E-state index contributed by atoms with van der Waals surface area (Å²) < 4.78 is 14.3. The summed E-state index contributed by atoms with van der Waals surface area (Å²) in [5.74, 6) is -0.209. The van der Waals surface area contributed by atoms with Gasteiger partial charge < -0.3 is 10.4 Å². The maximum absolute atomic E-state index is 13.4. The highest BCUT2D eigenvalue weighted by molar-refractivity contribution is 9.10. The fourth-order valence-corrected chi connectivity index (χ4v) is 2.73. The van der Waals surface area contributed by atoms with Crippen LogP contribution in [0.5, 0.6) is 0 Å². The highest BCUT2D eigenvalue weighted by atomic mass is 79.9. The average molecular weight is 302 g/mol. The van der Waals surface area contributed by atoms with Crippen LogP contribution in [0.25, 0.3) is 0 Å². The lowest BCUT2D eigenvalue weighted by Crippen LogP contribution is -2.37. The maximum atomic E-state index is 13.4. The van der Waals surface area contributed by atoms with Gasteiger partial charge in [0.1, 0.15) is 5.82 Å². The molecule has 0 spiro atoms. The third kappa shape index (κ3) is 3.50. The highest BCUT2D eigenvalue weighted by Gasteiger charge is 2.30. The van der Waals surface area contributed by atoms with Crippen LogP contribution in [0, 0.1) is 5.82 Å². The molecule has 0 saturated heterocycles. The number of hydrogen-bond acceptors (Lipinski definition) is 2.